The number of hydrogen-bond donors (Lipinski definition) is 2. The molecule has 1 saturated heterocycles. The molecule has 0 aromatic heterocycles. The molecule has 16 heavy (non-hydrogen) atoms. The first-order chi connectivity index (χ1) is 7.74. The molecule has 0 bridgehead atoms. The monoisotopic (exact) mass is 238 g/mol. The van der Waals surface area contributed by atoms with Gasteiger partial charge in [-0.2, -0.15) is 0 Å². The molecule has 0 aliphatic carbocycles. The predicted molar refractivity (Wildman–Crippen MR) is 65.7 cm³/mol. The van der Waals surface area contributed by atoms with Crippen LogP contribution in [0.3, 0.4) is 0 Å². The molecule has 1 heterocycles. The van der Waals surface area contributed by atoms with E-state index in [4.69, 9.17) is 11.6 Å². The molecule has 1 aromatic carbocycles. The van der Waals surface area contributed by atoms with E-state index in [1.54, 1.807) is 12.1 Å². The van der Waals surface area contributed by atoms with E-state index in [-0.39, 0.29) is 5.91 Å². The Bertz CT molecular complexity index is 375. The summed E-state index contributed by atoms with van der Waals surface area (Å²) in [5, 5.41) is 6.78. The maximum absolute atomic E-state index is 11.7. The van der Waals surface area contributed by atoms with Crippen LogP contribution in [0.25, 0.3) is 0 Å². The summed E-state index contributed by atoms with van der Waals surface area (Å²) in [5.74, 6) is 0.0432. The van der Waals surface area contributed by atoms with Crippen molar-refractivity contribution >= 4 is 23.2 Å². The number of benzene rings is 1. The Labute approximate surface area is 100 Å². The summed E-state index contributed by atoms with van der Waals surface area (Å²) in [5.41, 5.74) is 0.760. The van der Waals surface area contributed by atoms with Gasteiger partial charge in [-0.15, -0.1) is 0 Å². The molecule has 2 rings (SSSR count). The molecule has 1 aliphatic rings. The summed E-state index contributed by atoms with van der Waals surface area (Å²) in [6.07, 6.45) is 2.78. The Hall–Kier alpha value is -1.06. The average molecular weight is 239 g/mol. The number of carbonyl (C=O) groups is 1. The first-order valence-electron chi connectivity index (χ1n) is 5.53. The first-order valence-corrected chi connectivity index (χ1v) is 5.90. The Morgan fingerprint density at radius 3 is 3.12 bits per heavy atom. The second-order valence-electron chi connectivity index (χ2n) is 4.06. The third-order valence-electron chi connectivity index (χ3n) is 2.70. The van der Waals surface area contributed by atoms with Gasteiger partial charge in [-0.3, -0.25) is 4.79 Å². The maximum Gasteiger partial charge on any atom is 0.225 e. The number of carbonyl (C=O) groups excluding carboxylic acids is 1. The lowest BCUT2D eigenvalue weighted by atomic mass is 10.1. The van der Waals surface area contributed by atoms with Gasteiger partial charge in [0.05, 0.1) is 0 Å². The predicted octanol–water partition coefficient (Wildman–Crippen LogP) is 2.42. The molecule has 0 radical (unpaired) electrons. The van der Waals surface area contributed by atoms with Crippen LogP contribution in [0.4, 0.5) is 5.69 Å². The van der Waals surface area contributed by atoms with E-state index < -0.39 is 0 Å². The van der Waals surface area contributed by atoms with Gasteiger partial charge in [0, 0.05) is 23.2 Å². The molecule has 1 fully saturated rings. The van der Waals surface area contributed by atoms with E-state index in [1.807, 2.05) is 12.1 Å². The maximum atomic E-state index is 11.7. The quantitative estimate of drug-likeness (QED) is 0.849. The van der Waals surface area contributed by atoms with Crippen LogP contribution in [0.2, 0.25) is 5.02 Å². The second kappa shape index (κ2) is 5.32. The van der Waals surface area contributed by atoms with Crippen LogP contribution >= 0.6 is 11.6 Å². The number of anilines is 1. The van der Waals surface area contributed by atoms with E-state index >= 15 is 0 Å². The fourth-order valence-corrected chi connectivity index (χ4v) is 2.12. The molecule has 1 aliphatic heterocycles. The summed E-state index contributed by atoms with van der Waals surface area (Å²) in [6.45, 7) is 1.02. The highest BCUT2D eigenvalue weighted by Gasteiger charge is 2.17. The number of hydrogen-bond acceptors (Lipinski definition) is 2. The smallest absolute Gasteiger partial charge is 0.225 e. The van der Waals surface area contributed by atoms with Crippen molar-refractivity contribution in [2.24, 2.45) is 0 Å². The molecular formula is C12H15ClN2O. The van der Waals surface area contributed by atoms with Crippen LogP contribution in [0.5, 0.6) is 0 Å². The molecule has 1 atom stereocenters. The van der Waals surface area contributed by atoms with Crippen LogP contribution in [0.15, 0.2) is 24.3 Å². The van der Waals surface area contributed by atoms with Gasteiger partial charge in [-0.1, -0.05) is 17.7 Å². The highest BCUT2D eigenvalue weighted by Crippen LogP contribution is 2.16. The lowest BCUT2D eigenvalue weighted by Crippen LogP contribution is -2.27. The second-order valence-corrected chi connectivity index (χ2v) is 4.49. The van der Waals surface area contributed by atoms with Crippen molar-refractivity contribution in [1.29, 1.82) is 0 Å². The topological polar surface area (TPSA) is 41.1 Å². The molecule has 86 valence electrons. The largest absolute Gasteiger partial charge is 0.326 e. The van der Waals surface area contributed by atoms with Crippen LogP contribution in [-0.2, 0) is 4.79 Å². The van der Waals surface area contributed by atoms with Gasteiger partial charge in [0.15, 0.2) is 0 Å². The number of nitrogens with one attached hydrogen (secondary N) is 2. The Morgan fingerprint density at radius 2 is 2.44 bits per heavy atom. The van der Waals surface area contributed by atoms with E-state index in [2.05, 4.69) is 10.6 Å². The van der Waals surface area contributed by atoms with Crippen molar-refractivity contribution in [3.63, 3.8) is 0 Å². The van der Waals surface area contributed by atoms with E-state index in [1.165, 1.54) is 0 Å². The fraction of sp³-hybridized carbons (Fsp3) is 0.417. The van der Waals surface area contributed by atoms with Crippen molar-refractivity contribution in [3.05, 3.63) is 29.3 Å². The minimum absolute atomic E-state index is 0.0432. The molecule has 2 N–H and O–H groups in total. The summed E-state index contributed by atoms with van der Waals surface area (Å²) >= 11 is 5.83. The van der Waals surface area contributed by atoms with E-state index in [9.17, 15) is 4.79 Å². The summed E-state index contributed by atoms with van der Waals surface area (Å²) in [4.78, 5) is 11.7. The van der Waals surface area contributed by atoms with Gasteiger partial charge in [-0.05, 0) is 37.6 Å². The number of halogens is 1. The van der Waals surface area contributed by atoms with E-state index in [0.29, 0.717) is 17.5 Å². The molecular weight excluding hydrogens is 224 g/mol. The third-order valence-corrected chi connectivity index (χ3v) is 2.94. The highest BCUT2D eigenvalue weighted by molar-refractivity contribution is 6.30. The van der Waals surface area contributed by atoms with Gasteiger partial charge in [0.1, 0.15) is 0 Å². The van der Waals surface area contributed by atoms with Crippen LogP contribution in [0, 0.1) is 0 Å². The van der Waals surface area contributed by atoms with Crippen molar-refractivity contribution in [2.75, 3.05) is 11.9 Å². The SMILES string of the molecule is O=C(CC1CCCN1)Nc1cccc(Cl)c1. The molecule has 1 unspecified atom stereocenters. The normalized spacial score (nSPS) is 19.7. The summed E-state index contributed by atoms with van der Waals surface area (Å²) in [7, 11) is 0. The van der Waals surface area contributed by atoms with Gasteiger partial charge in [-0.25, -0.2) is 0 Å². The molecule has 1 amide bonds. The van der Waals surface area contributed by atoms with Gasteiger partial charge in [0.2, 0.25) is 5.91 Å². The molecule has 3 nitrogen and oxygen atoms in total. The van der Waals surface area contributed by atoms with Crippen molar-refractivity contribution in [2.45, 2.75) is 25.3 Å². The zero-order valence-electron chi connectivity index (χ0n) is 9.00. The Morgan fingerprint density at radius 1 is 1.56 bits per heavy atom. The zero-order chi connectivity index (χ0) is 11.4. The van der Waals surface area contributed by atoms with Crippen molar-refractivity contribution < 1.29 is 4.79 Å². The summed E-state index contributed by atoms with van der Waals surface area (Å²) in [6, 6.07) is 7.54. The first kappa shape index (κ1) is 11.4. The van der Waals surface area contributed by atoms with Gasteiger partial charge in [0.25, 0.3) is 0 Å². The molecule has 0 spiro atoms. The van der Waals surface area contributed by atoms with E-state index in [0.717, 1.165) is 25.1 Å². The minimum atomic E-state index is 0.0432. The summed E-state index contributed by atoms with van der Waals surface area (Å²) < 4.78 is 0. The highest BCUT2D eigenvalue weighted by atomic mass is 35.5. The standard InChI is InChI=1S/C12H15ClN2O/c13-9-3-1-4-11(7-9)15-12(16)8-10-5-2-6-14-10/h1,3-4,7,10,14H,2,5-6,8H2,(H,15,16). The molecule has 1 aromatic rings. The Balaban J connectivity index is 1.86. The average Bonchev–Trinajstić information content (AvgIpc) is 2.70. The zero-order valence-corrected chi connectivity index (χ0v) is 9.76. The molecule has 0 saturated carbocycles. The minimum Gasteiger partial charge on any atom is -0.326 e. The number of rotatable bonds is 3. The Kier molecular flexibility index (Phi) is 3.80. The lowest BCUT2D eigenvalue weighted by Gasteiger charge is -2.10. The van der Waals surface area contributed by atoms with Crippen LogP contribution in [-0.4, -0.2) is 18.5 Å². The third kappa shape index (κ3) is 3.22. The molecule has 4 heteroatoms. The number of amides is 1. The fourth-order valence-electron chi connectivity index (χ4n) is 1.93. The van der Waals surface area contributed by atoms with Crippen LogP contribution in [0.1, 0.15) is 19.3 Å². The van der Waals surface area contributed by atoms with Crippen LogP contribution < -0.4 is 10.6 Å². The van der Waals surface area contributed by atoms with Crippen molar-refractivity contribution in [3.8, 4) is 0 Å². The van der Waals surface area contributed by atoms with Crippen molar-refractivity contribution in [1.82, 2.24) is 5.32 Å². The lowest BCUT2D eigenvalue weighted by molar-refractivity contribution is -0.116. The van der Waals surface area contributed by atoms with Gasteiger partial charge < -0.3 is 10.6 Å². The van der Waals surface area contributed by atoms with Gasteiger partial charge >= 0.3 is 0 Å².